The van der Waals surface area contributed by atoms with Gasteiger partial charge >= 0.3 is 5.97 Å². The lowest BCUT2D eigenvalue weighted by molar-refractivity contribution is -0.137. The lowest BCUT2D eigenvalue weighted by atomic mass is 10.1. The molecule has 2 rings (SSSR count). The summed E-state index contributed by atoms with van der Waals surface area (Å²) in [4.78, 5) is 25.0. The van der Waals surface area contributed by atoms with Gasteiger partial charge in [0.05, 0.1) is 25.2 Å². The maximum atomic E-state index is 13.4. The first-order valence-electron chi connectivity index (χ1n) is 6.85. The molecule has 120 valence electrons. The Labute approximate surface area is 127 Å². The van der Waals surface area contributed by atoms with Gasteiger partial charge in [-0.25, -0.2) is 4.39 Å². The van der Waals surface area contributed by atoms with E-state index in [1.165, 1.54) is 31.3 Å². The van der Waals surface area contributed by atoms with Crippen molar-refractivity contribution < 1.29 is 28.6 Å². The fraction of sp³-hybridized carbons (Fsp3) is 0.467. The number of carbonyl (C=O) groups excluding carboxylic acids is 1. The molecule has 1 N–H and O–H groups in total. The van der Waals surface area contributed by atoms with Crippen LogP contribution < -0.4 is 4.74 Å². The van der Waals surface area contributed by atoms with Crippen LogP contribution in [0, 0.1) is 5.82 Å². The fourth-order valence-corrected chi connectivity index (χ4v) is 2.69. The molecule has 0 aromatic heterocycles. The van der Waals surface area contributed by atoms with Crippen LogP contribution >= 0.6 is 0 Å². The van der Waals surface area contributed by atoms with E-state index in [2.05, 4.69) is 0 Å². The van der Waals surface area contributed by atoms with Gasteiger partial charge in [0.15, 0.2) is 0 Å². The third-order valence-corrected chi connectivity index (χ3v) is 3.77. The van der Waals surface area contributed by atoms with Crippen LogP contribution in [-0.2, 0) is 9.53 Å². The molecule has 1 heterocycles. The summed E-state index contributed by atoms with van der Waals surface area (Å²) in [6.07, 6.45) is 0.0305. The number of carboxylic acids is 1. The third-order valence-electron chi connectivity index (χ3n) is 3.77. The third kappa shape index (κ3) is 3.36. The van der Waals surface area contributed by atoms with Crippen LogP contribution in [0.1, 0.15) is 23.2 Å². The molecule has 0 spiro atoms. The Hall–Kier alpha value is -2.15. The molecule has 1 fully saturated rings. The minimum absolute atomic E-state index is 0.0784. The predicted octanol–water partition coefficient (Wildman–Crippen LogP) is 1.54. The highest BCUT2D eigenvalue weighted by atomic mass is 19.1. The van der Waals surface area contributed by atoms with E-state index in [0.29, 0.717) is 6.42 Å². The van der Waals surface area contributed by atoms with E-state index in [-0.39, 0.29) is 30.4 Å². The van der Waals surface area contributed by atoms with E-state index in [1.54, 1.807) is 0 Å². The van der Waals surface area contributed by atoms with E-state index in [0.717, 1.165) is 6.07 Å². The lowest BCUT2D eigenvalue weighted by Gasteiger charge is -2.24. The normalized spacial score (nSPS) is 21.0. The van der Waals surface area contributed by atoms with Crippen LogP contribution in [-0.4, -0.2) is 54.8 Å². The molecule has 1 saturated heterocycles. The van der Waals surface area contributed by atoms with Crippen molar-refractivity contribution in [1.29, 1.82) is 0 Å². The van der Waals surface area contributed by atoms with Crippen molar-refractivity contribution in [2.75, 3.05) is 20.8 Å². The van der Waals surface area contributed by atoms with Gasteiger partial charge in [0.2, 0.25) is 0 Å². The summed E-state index contributed by atoms with van der Waals surface area (Å²) >= 11 is 0. The molecule has 0 saturated carbocycles. The average Bonchev–Trinajstić information content (AvgIpc) is 2.88. The number of nitrogens with zero attached hydrogens (tertiary/aromatic N) is 1. The summed E-state index contributed by atoms with van der Waals surface area (Å²) in [6.45, 7) is 0.271. The van der Waals surface area contributed by atoms with Gasteiger partial charge in [-0.05, 0) is 24.6 Å². The number of likely N-dealkylation sites (tertiary alicyclic amines) is 1. The molecule has 2 atom stereocenters. The number of aliphatic carboxylic acids is 1. The van der Waals surface area contributed by atoms with E-state index in [1.807, 2.05) is 0 Å². The summed E-state index contributed by atoms with van der Waals surface area (Å²) in [6, 6.07) is 3.19. The number of carbonyl (C=O) groups is 2. The zero-order chi connectivity index (χ0) is 16.3. The van der Waals surface area contributed by atoms with Gasteiger partial charge in [-0.15, -0.1) is 0 Å². The van der Waals surface area contributed by atoms with Gasteiger partial charge in [0.1, 0.15) is 11.6 Å². The van der Waals surface area contributed by atoms with Gasteiger partial charge in [0, 0.05) is 19.7 Å². The largest absolute Gasteiger partial charge is 0.496 e. The Morgan fingerprint density at radius 2 is 2.14 bits per heavy atom. The number of benzene rings is 1. The molecule has 2 unspecified atom stereocenters. The topological polar surface area (TPSA) is 76.1 Å². The Kier molecular flexibility index (Phi) is 4.97. The second-order valence-corrected chi connectivity index (χ2v) is 5.15. The van der Waals surface area contributed by atoms with Crippen LogP contribution in [0.5, 0.6) is 5.75 Å². The first-order chi connectivity index (χ1) is 10.5. The second-order valence-electron chi connectivity index (χ2n) is 5.15. The number of amides is 1. The Morgan fingerprint density at radius 3 is 2.73 bits per heavy atom. The zero-order valence-electron chi connectivity index (χ0n) is 12.4. The lowest BCUT2D eigenvalue weighted by Crippen LogP contribution is -2.37. The standard InChI is InChI=1S/C15H18FNO5/c1-21-11-6-10(7-14(18)19)17(8-11)15(20)12-5-9(16)3-4-13(12)22-2/h3-5,10-11H,6-8H2,1-2H3,(H,18,19). The SMILES string of the molecule is COc1ccc(F)cc1C(=O)N1CC(OC)CC1CC(=O)O. The van der Waals surface area contributed by atoms with Crippen LogP contribution in [0.15, 0.2) is 18.2 Å². The number of rotatable bonds is 5. The highest BCUT2D eigenvalue weighted by molar-refractivity contribution is 5.97. The van der Waals surface area contributed by atoms with Gasteiger partial charge in [-0.2, -0.15) is 0 Å². The van der Waals surface area contributed by atoms with Crippen LogP contribution in [0.25, 0.3) is 0 Å². The summed E-state index contributed by atoms with van der Waals surface area (Å²) < 4.78 is 23.8. The average molecular weight is 311 g/mol. The van der Waals surface area contributed by atoms with Crippen molar-refractivity contribution >= 4 is 11.9 Å². The van der Waals surface area contributed by atoms with Crippen molar-refractivity contribution in [2.24, 2.45) is 0 Å². The molecule has 1 aliphatic heterocycles. The Morgan fingerprint density at radius 1 is 1.41 bits per heavy atom. The van der Waals surface area contributed by atoms with Gasteiger partial charge in [-0.1, -0.05) is 0 Å². The molecule has 6 nitrogen and oxygen atoms in total. The summed E-state index contributed by atoms with van der Waals surface area (Å²) in [7, 11) is 2.90. The molecule has 0 aliphatic carbocycles. The van der Waals surface area contributed by atoms with Gasteiger partial charge in [0.25, 0.3) is 5.91 Å². The summed E-state index contributed by atoms with van der Waals surface area (Å²) in [5.74, 6) is -1.75. The van der Waals surface area contributed by atoms with E-state index in [4.69, 9.17) is 14.6 Å². The Balaban J connectivity index is 2.29. The quantitative estimate of drug-likeness (QED) is 0.892. The molecule has 0 bridgehead atoms. The number of hydrogen-bond donors (Lipinski definition) is 1. The first-order valence-corrected chi connectivity index (χ1v) is 6.85. The summed E-state index contributed by atoms with van der Waals surface area (Å²) in [5.41, 5.74) is 0.0784. The molecule has 1 aromatic rings. The van der Waals surface area contributed by atoms with Crippen molar-refractivity contribution in [3.63, 3.8) is 0 Å². The number of methoxy groups -OCH3 is 2. The van der Waals surface area contributed by atoms with E-state index >= 15 is 0 Å². The molecule has 0 radical (unpaired) electrons. The maximum Gasteiger partial charge on any atom is 0.305 e. The van der Waals surface area contributed by atoms with Crippen molar-refractivity contribution in [3.8, 4) is 5.75 Å². The fourth-order valence-electron chi connectivity index (χ4n) is 2.69. The number of halogens is 1. The van der Waals surface area contributed by atoms with E-state index in [9.17, 15) is 14.0 Å². The van der Waals surface area contributed by atoms with Crippen LogP contribution in [0.2, 0.25) is 0 Å². The molecule has 1 aromatic carbocycles. The molecule has 1 amide bonds. The van der Waals surface area contributed by atoms with E-state index < -0.39 is 23.7 Å². The highest BCUT2D eigenvalue weighted by Crippen LogP contribution is 2.28. The van der Waals surface area contributed by atoms with Crippen molar-refractivity contribution in [2.45, 2.75) is 25.0 Å². The minimum atomic E-state index is -0.995. The van der Waals surface area contributed by atoms with Crippen LogP contribution in [0.4, 0.5) is 4.39 Å². The number of hydrogen-bond acceptors (Lipinski definition) is 4. The number of carboxylic acid groups (broad SMARTS) is 1. The van der Waals surface area contributed by atoms with Crippen molar-refractivity contribution in [3.05, 3.63) is 29.6 Å². The molecular formula is C15H18FNO5. The Bertz CT molecular complexity index is 577. The molecule has 7 heteroatoms. The monoisotopic (exact) mass is 311 g/mol. The molecule has 22 heavy (non-hydrogen) atoms. The van der Waals surface area contributed by atoms with Gasteiger partial charge < -0.3 is 19.5 Å². The highest BCUT2D eigenvalue weighted by Gasteiger charge is 2.37. The smallest absolute Gasteiger partial charge is 0.305 e. The van der Waals surface area contributed by atoms with Crippen molar-refractivity contribution in [1.82, 2.24) is 4.90 Å². The summed E-state index contributed by atoms with van der Waals surface area (Å²) in [5, 5.41) is 8.98. The molecular weight excluding hydrogens is 293 g/mol. The second kappa shape index (κ2) is 6.74. The van der Waals surface area contributed by atoms with Gasteiger partial charge in [-0.3, -0.25) is 9.59 Å². The van der Waals surface area contributed by atoms with Crippen LogP contribution in [0.3, 0.4) is 0 Å². The number of ether oxygens (including phenoxy) is 2. The predicted molar refractivity (Wildman–Crippen MR) is 75.4 cm³/mol. The maximum absolute atomic E-state index is 13.4. The molecule has 1 aliphatic rings. The first kappa shape index (κ1) is 16.2. The zero-order valence-corrected chi connectivity index (χ0v) is 12.4. The minimum Gasteiger partial charge on any atom is -0.496 e.